The first-order valence-electron chi connectivity index (χ1n) is 2.79. The van der Waals surface area contributed by atoms with Crippen molar-refractivity contribution in [3.05, 3.63) is 0 Å². The van der Waals surface area contributed by atoms with E-state index in [0.29, 0.717) is 0 Å². The molecule has 0 bridgehead atoms. The summed E-state index contributed by atoms with van der Waals surface area (Å²) in [4.78, 5) is 0. The van der Waals surface area contributed by atoms with E-state index in [1.807, 2.05) is 0 Å². The van der Waals surface area contributed by atoms with E-state index in [2.05, 4.69) is 122 Å². The van der Waals surface area contributed by atoms with E-state index in [1.165, 1.54) is 0 Å². The van der Waals surface area contributed by atoms with Gasteiger partial charge in [0, 0.05) is 21.1 Å². The standard InChI is InChI=1S/4CH3NS2.W/c4*2-1(3)4;/h4*(H3,2,3,4);/p-4. The number of nitrogens with two attached hydrogens (primary N) is 4. The maximum atomic E-state index is 4.66. The van der Waals surface area contributed by atoms with Crippen molar-refractivity contribution in [2.75, 3.05) is 0 Å². The Balaban J connectivity index is -0.0000000369. The minimum atomic E-state index is 0. The normalized spacial score (nSPS) is 5.65. The summed E-state index contributed by atoms with van der Waals surface area (Å²) in [6, 6.07) is 0. The number of rotatable bonds is 0. The van der Waals surface area contributed by atoms with Crippen LogP contribution >= 0.6 is 48.9 Å². The molecule has 0 unspecified atom stereocenters. The third-order valence-corrected chi connectivity index (χ3v) is 0. The van der Waals surface area contributed by atoms with Gasteiger partial charge in [0.2, 0.25) is 0 Å². The predicted molar refractivity (Wildman–Crippen MR) is 96.6 cm³/mol. The summed E-state index contributed by atoms with van der Waals surface area (Å²) in [5.74, 6) is 0. The Morgan fingerprint density at radius 2 is 0.529 bits per heavy atom. The monoisotopic (exact) mass is 552 g/mol. The SMILES string of the molecule is NC(=S)[S-].NC(=S)[S-].NC(=S)[S-].NC(=S)[S-].[W]. The molecule has 13 heteroatoms. The second-order valence-electron chi connectivity index (χ2n) is 1.28. The summed E-state index contributed by atoms with van der Waals surface area (Å²) in [7, 11) is 0. The van der Waals surface area contributed by atoms with Crippen LogP contribution in [0.2, 0.25) is 0 Å². The summed E-state index contributed by atoms with van der Waals surface area (Å²) in [6.07, 6.45) is 0. The molecule has 0 radical (unpaired) electrons. The first kappa shape index (κ1) is 30.9. The zero-order chi connectivity index (χ0) is 14.3. The van der Waals surface area contributed by atoms with Crippen LogP contribution in [0.5, 0.6) is 0 Å². The second-order valence-corrected chi connectivity index (χ2v) is 5.83. The molecule has 4 nitrogen and oxygen atoms in total. The molecule has 8 N–H and O–H groups in total. The first-order chi connectivity index (χ1) is 6.93. The summed E-state index contributed by atoms with van der Waals surface area (Å²) in [5.41, 5.74) is 18.6. The van der Waals surface area contributed by atoms with Gasteiger partial charge in [-0.1, -0.05) is 17.3 Å². The van der Waals surface area contributed by atoms with E-state index in [4.69, 9.17) is 0 Å². The van der Waals surface area contributed by atoms with E-state index < -0.39 is 0 Å². The van der Waals surface area contributed by atoms with Gasteiger partial charge in [-0.3, -0.25) is 0 Å². The molecule has 0 saturated carbocycles. The van der Waals surface area contributed by atoms with Crippen LogP contribution in [0, 0.1) is 0 Å². The molecule has 102 valence electrons. The number of thiocarbonyl (C=S) groups is 4. The molecule has 0 aliphatic rings. The van der Waals surface area contributed by atoms with Crippen LogP contribution in [0.25, 0.3) is 0 Å². The second kappa shape index (κ2) is 25.9. The van der Waals surface area contributed by atoms with Gasteiger partial charge in [-0.2, -0.15) is 0 Å². The summed E-state index contributed by atoms with van der Waals surface area (Å²) < 4.78 is 0.333. The van der Waals surface area contributed by atoms with Gasteiger partial charge in [0.1, 0.15) is 0 Å². The number of hydrogen-bond donors (Lipinski definition) is 4. The fourth-order valence-corrected chi connectivity index (χ4v) is 0. The Morgan fingerprint density at radius 3 is 0.529 bits per heavy atom. The zero-order valence-corrected chi connectivity index (χ0v) is 17.4. The van der Waals surface area contributed by atoms with E-state index in [0.717, 1.165) is 0 Å². The van der Waals surface area contributed by atoms with Crippen molar-refractivity contribution in [1.82, 2.24) is 0 Å². The van der Waals surface area contributed by atoms with Crippen LogP contribution in [0.4, 0.5) is 0 Å². The van der Waals surface area contributed by atoms with Crippen LogP contribution in [-0.4, -0.2) is 17.3 Å². The van der Waals surface area contributed by atoms with Gasteiger partial charge in [0.15, 0.2) is 0 Å². The first-order valence-corrected chi connectivity index (χ1v) is 6.05. The van der Waals surface area contributed by atoms with Crippen LogP contribution in [0.3, 0.4) is 0 Å². The Kier molecular flexibility index (Phi) is 46.9. The fraction of sp³-hybridized carbons (Fsp3) is 0. The molecule has 17 heavy (non-hydrogen) atoms. The zero-order valence-electron chi connectivity index (χ0n) is 7.98. The van der Waals surface area contributed by atoms with Gasteiger partial charge >= 0.3 is 0 Å². The van der Waals surface area contributed by atoms with Gasteiger partial charge < -0.3 is 122 Å². The molecule has 0 aromatic carbocycles. The Labute approximate surface area is 159 Å². The fourth-order valence-electron chi connectivity index (χ4n) is 0. The van der Waals surface area contributed by atoms with Gasteiger partial charge in [0.05, 0.1) is 0 Å². The van der Waals surface area contributed by atoms with Crippen LogP contribution < -0.4 is 22.9 Å². The molecule has 0 aromatic rings. The average Bonchev–Trinajstić information content (AvgIpc) is 1.76. The third kappa shape index (κ3) is 3080. The predicted octanol–water partition coefficient (Wildman–Crippen LogP) is -0.895. The molecule has 0 fully saturated rings. The van der Waals surface area contributed by atoms with Gasteiger partial charge in [0.25, 0.3) is 0 Å². The Hall–Kier alpha value is 1.13. The number of hydrogen-bond acceptors (Lipinski definition) is 8. The summed E-state index contributed by atoms with van der Waals surface area (Å²) in [5, 5.41) is 0. The van der Waals surface area contributed by atoms with Crippen molar-refractivity contribution in [2.24, 2.45) is 22.9 Å². The van der Waals surface area contributed by atoms with E-state index in [9.17, 15) is 0 Å². The topological polar surface area (TPSA) is 104 Å². The van der Waals surface area contributed by atoms with Crippen LogP contribution in [-0.2, 0) is 71.6 Å². The maximum absolute atomic E-state index is 4.66. The molecule has 0 spiro atoms. The minimum Gasteiger partial charge on any atom is -0.415 e. The largest absolute Gasteiger partial charge is 0.415 e. The molecule has 0 aliphatic heterocycles. The summed E-state index contributed by atoms with van der Waals surface area (Å²) in [6.45, 7) is 0. The molecule has 0 aromatic heterocycles. The molecule has 0 saturated heterocycles. The Bertz CT molecular complexity index is 170. The third-order valence-electron chi connectivity index (χ3n) is 0. The molecule has 0 amide bonds. The van der Waals surface area contributed by atoms with Crippen molar-refractivity contribution in [1.29, 1.82) is 0 Å². The van der Waals surface area contributed by atoms with E-state index in [1.54, 1.807) is 0 Å². The van der Waals surface area contributed by atoms with Crippen molar-refractivity contribution < 1.29 is 21.1 Å². The van der Waals surface area contributed by atoms with E-state index >= 15 is 0 Å². The molecular weight excluding hydrogens is 544 g/mol. The smallest absolute Gasteiger partial charge is 0 e. The average molecular weight is 553 g/mol. The van der Waals surface area contributed by atoms with Crippen molar-refractivity contribution >= 4 is 117 Å². The van der Waals surface area contributed by atoms with Crippen LogP contribution in [0.15, 0.2) is 0 Å². The molecule has 0 aliphatic carbocycles. The van der Waals surface area contributed by atoms with Crippen molar-refractivity contribution in [2.45, 2.75) is 0 Å². The minimum absolute atomic E-state index is 0. The van der Waals surface area contributed by atoms with Gasteiger partial charge in [-0.25, -0.2) is 0 Å². The van der Waals surface area contributed by atoms with Gasteiger partial charge in [-0.15, -0.1) is 0 Å². The molecular formula is C4H8N4S8W-4. The molecule has 0 rings (SSSR count). The van der Waals surface area contributed by atoms with Crippen molar-refractivity contribution in [3.8, 4) is 0 Å². The van der Waals surface area contributed by atoms with Crippen molar-refractivity contribution in [3.63, 3.8) is 0 Å². The molecule has 0 heterocycles. The maximum Gasteiger partial charge on any atom is 0 e. The quantitative estimate of drug-likeness (QED) is 0.221. The van der Waals surface area contributed by atoms with E-state index in [-0.39, 0.29) is 38.3 Å². The molecule has 0 atom stereocenters. The summed E-state index contributed by atoms with van der Waals surface area (Å²) >= 11 is 33.0. The Morgan fingerprint density at radius 1 is 0.529 bits per heavy atom. The van der Waals surface area contributed by atoms with Crippen LogP contribution in [0.1, 0.15) is 0 Å². The van der Waals surface area contributed by atoms with Gasteiger partial charge in [-0.05, 0) is 0 Å².